The summed E-state index contributed by atoms with van der Waals surface area (Å²) in [6, 6.07) is 0. The van der Waals surface area contributed by atoms with Crippen LogP contribution >= 0.6 is 0 Å². The minimum Gasteiger partial charge on any atom is -1.00 e. The van der Waals surface area contributed by atoms with E-state index >= 15 is 0 Å². The predicted octanol–water partition coefficient (Wildman–Crippen LogP) is 0.0502. The zero-order valence-corrected chi connectivity index (χ0v) is 11.5. The number of halogens is 1. The third kappa shape index (κ3) is 7.60. The Bertz CT molecular complexity index is 72.1. The first-order chi connectivity index (χ1) is 4.02. The molecule has 0 aromatic carbocycles. The van der Waals surface area contributed by atoms with Crippen LogP contribution in [-0.2, 0) is 0 Å². The van der Waals surface area contributed by atoms with Gasteiger partial charge in [0.2, 0.25) is 0 Å². The van der Waals surface area contributed by atoms with E-state index in [1.165, 1.54) is 12.8 Å². The van der Waals surface area contributed by atoms with Crippen molar-refractivity contribution in [1.29, 1.82) is 0 Å². The molecule has 0 aromatic heterocycles. The fourth-order valence-electron chi connectivity index (χ4n) is 1.31. The van der Waals surface area contributed by atoms with Gasteiger partial charge in [0.05, 0.1) is 0 Å². The van der Waals surface area contributed by atoms with Crippen LogP contribution < -0.4 is 17.0 Å². The molecule has 0 saturated heterocycles. The maximum Gasteiger partial charge on any atom is 2.00 e. The second-order valence-electron chi connectivity index (χ2n) is 3.56. The molecule has 0 N–H and O–H groups in total. The molecule has 0 fully saturated rings. The Kier molecular flexibility index (Phi) is 13.0. The molecule has 0 aliphatic carbocycles. The van der Waals surface area contributed by atoms with Crippen LogP contribution in [-0.4, -0.2) is 23.1 Å². The first-order valence-electron chi connectivity index (χ1n) is 3.87. The molecule has 0 saturated carbocycles. The van der Waals surface area contributed by atoms with Crippen molar-refractivity contribution in [1.82, 2.24) is 0 Å². The Morgan fingerprint density at radius 1 is 1.00 bits per heavy atom. The molecule has 0 unspecified atom stereocenters. The maximum absolute atomic E-state index is 2.29. The molecule has 0 radical (unpaired) electrons. The summed E-state index contributed by atoms with van der Waals surface area (Å²) in [5.74, 6) is 1.67. The van der Waals surface area contributed by atoms with E-state index in [4.69, 9.17) is 0 Å². The van der Waals surface area contributed by atoms with Crippen LogP contribution in [0.5, 0.6) is 0 Å². The van der Waals surface area contributed by atoms with Crippen LogP contribution in [0.1, 0.15) is 47.5 Å². The van der Waals surface area contributed by atoms with Crippen molar-refractivity contribution in [3.05, 3.63) is 5.92 Å². The van der Waals surface area contributed by atoms with E-state index in [0.29, 0.717) is 5.41 Å². The van der Waals surface area contributed by atoms with Gasteiger partial charge in [-0.1, -0.05) is 34.6 Å². The summed E-state index contributed by atoms with van der Waals surface area (Å²) in [7, 11) is 0. The Morgan fingerprint density at radius 2 is 1.27 bits per heavy atom. The van der Waals surface area contributed by atoms with Gasteiger partial charge in [0.25, 0.3) is 0 Å². The van der Waals surface area contributed by atoms with E-state index < -0.39 is 0 Å². The van der Waals surface area contributed by atoms with Gasteiger partial charge in [0, 0.05) is 0 Å². The van der Waals surface area contributed by atoms with Crippen molar-refractivity contribution in [2.24, 2.45) is 5.41 Å². The predicted molar refractivity (Wildman–Crippen MR) is 49.0 cm³/mol. The van der Waals surface area contributed by atoms with Gasteiger partial charge in [-0.2, -0.15) is 18.3 Å². The van der Waals surface area contributed by atoms with Gasteiger partial charge in [-0.15, -0.1) is 0 Å². The molecule has 0 nitrogen and oxygen atoms in total. The Labute approximate surface area is 98.4 Å². The molecular formula is C9H19BrMg. The minimum absolute atomic E-state index is 0. The third-order valence-electron chi connectivity index (χ3n) is 1.91. The average Bonchev–Trinajstić information content (AvgIpc) is 1.65. The summed E-state index contributed by atoms with van der Waals surface area (Å²) in [5.41, 5.74) is 0.434. The normalized spacial score (nSPS) is 10.4. The van der Waals surface area contributed by atoms with Crippen molar-refractivity contribution < 1.29 is 17.0 Å². The van der Waals surface area contributed by atoms with Crippen LogP contribution in [0.15, 0.2) is 0 Å². The zero-order chi connectivity index (χ0) is 7.49. The second-order valence-corrected chi connectivity index (χ2v) is 3.56. The minimum atomic E-state index is 0. The summed E-state index contributed by atoms with van der Waals surface area (Å²) < 4.78 is 0. The van der Waals surface area contributed by atoms with E-state index in [2.05, 4.69) is 34.6 Å². The standard InChI is InChI=1S/C9H19.BrH.Mg/c1-6-8(7-2)9(3,4)5;;/h6-7H2,1-5H3;1H;/q-1;;+2/p-1. The second kappa shape index (κ2) is 7.87. The van der Waals surface area contributed by atoms with Gasteiger partial charge in [-0.3, -0.25) is 0 Å². The van der Waals surface area contributed by atoms with Crippen molar-refractivity contribution in [3.8, 4) is 0 Å². The molecule has 0 aliphatic rings. The first-order valence-corrected chi connectivity index (χ1v) is 3.87. The molecule has 0 atom stereocenters. The van der Waals surface area contributed by atoms with E-state index in [1.807, 2.05) is 0 Å². The molecule has 0 heterocycles. The largest absolute Gasteiger partial charge is 2.00 e. The molecule has 2 heteroatoms. The van der Waals surface area contributed by atoms with Gasteiger partial charge in [0.1, 0.15) is 0 Å². The van der Waals surface area contributed by atoms with Crippen LogP contribution in [0.3, 0.4) is 0 Å². The third-order valence-corrected chi connectivity index (χ3v) is 1.91. The topological polar surface area (TPSA) is 0 Å². The fraction of sp³-hybridized carbons (Fsp3) is 0.889. The van der Waals surface area contributed by atoms with Gasteiger partial charge >= 0.3 is 23.1 Å². The number of hydrogen-bond acceptors (Lipinski definition) is 0. The quantitative estimate of drug-likeness (QED) is 0.465. The van der Waals surface area contributed by atoms with Crippen LogP contribution in [0, 0.1) is 11.3 Å². The summed E-state index contributed by atoms with van der Waals surface area (Å²) in [4.78, 5) is 0. The molecule has 0 amide bonds. The zero-order valence-electron chi connectivity index (χ0n) is 8.50. The molecule has 0 aromatic rings. The van der Waals surface area contributed by atoms with Crippen LogP contribution in [0.4, 0.5) is 0 Å². The fourth-order valence-corrected chi connectivity index (χ4v) is 1.31. The molecular weight excluding hydrogens is 212 g/mol. The van der Waals surface area contributed by atoms with Crippen molar-refractivity contribution in [3.63, 3.8) is 0 Å². The van der Waals surface area contributed by atoms with E-state index in [9.17, 15) is 0 Å². The number of hydrogen-bond donors (Lipinski definition) is 0. The molecule has 64 valence electrons. The van der Waals surface area contributed by atoms with E-state index in [0.717, 1.165) is 0 Å². The first kappa shape index (κ1) is 18.1. The number of rotatable bonds is 2. The smallest absolute Gasteiger partial charge is 1.00 e. The average molecular weight is 231 g/mol. The Hall–Kier alpha value is 1.25. The SMILES string of the molecule is CC[C-](CC)C(C)(C)C.[Br-].[Mg+2]. The molecule has 0 rings (SSSR count). The maximum atomic E-state index is 2.29. The van der Waals surface area contributed by atoms with Gasteiger partial charge in [0.15, 0.2) is 0 Å². The van der Waals surface area contributed by atoms with Crippen molar-refractivity contribution in [2.45, 2.75) is 47.5 Å². The van der Waals surface area contributed by atoms with Crippen molar-refractivity contribution >= 4 is 23.1 Å². The Morgan fingerprint density at radius 3 is 1.27 bits per heavy atom. The van der Waals surface area contributed by atoms with E-state index in [1.54, 1.807) is 5.92 Å². The molecule has 0 aliphatic heterocycles. The van der Waals surface area contributed by atoms with Crippen LogP contribution in [0.25, 0.3) is 0 Å². The van der Waals surface area contributed by atoms with E-state index in [-0.39, 0.29) is 40.0 Å². The molecule has 11 heavy (non-hydrogen) atoms. The van der Waals surface area contributed by atoms with Crippen LogP contribution in [0.2, 0.25) is 0 Å². The summed E-state index contributed by atoms with van der Waals surface area (Å²) >= 11 is 0. The summed E-state index contributed by atoms with van der Waals surface area (Å²) in [5, 5.41) is 0. The van der Waals surface area contributed by atoms with Gasteiger partial charge in [-0.05, 0) is 0 Å². The monoisotopic (exact) mass is 230 g/mol. The molecule has 0 bridgehead atoms. The Balaban J connectivity index is -0.000000320. The van der Waals surface area contributed by atoms with Crippen molar-refractivity contribution in [2.75, 3.05) is 0 Å². The summed E-state index contributed by atoms with van der Waals surface area (Å²) in [6.07, 6.45) is 2.47. The summed E-state index contributed by atoms with van der Waals surface area (Å²) in [6.45, 7) is 11.3. The van der Waals surface area contributed by atoms with Gasteiger partial charge < -0.3 is 22.9 Å². The molecule has 0 spiro atoms. The van der Waals surface area contributed by atoms with Gasteiger partial charge in [-0.25, -0.2) is 0 Å².